The van der Waals surface area contributed by atoms with Crippen LogP contribution in [0.3, 0.4) is 0 Å². The maximum Gasteiger partial charge on any atom is 0.213 e. The molecule has 16 heavy (non-hydrogen) atoms. The lowest BCUT2D eigenvalue weighted by Gasteiger charge is -2.07. The van der Waals surface area contributed by atoms with Gasteiger partial charge in [-0.05, 0) is 11.6 Å². The number of rotatable bonds is 4. The summed E-state index contributed by atoms with van der Waals surface area (Å²) in [6.45, 7) is 0.723. The number of nitrogens with zero attached hydrogens (tertiary/aromatic N) is 3. The summed E-state index contributed by atoms with van der Waals surface area (Å²) < 4.78 is 7.07. The molecule has 0 unspecified atom stereocenters. The Kier molecular flexibility index (Phi) is 3.41. The number of ether oxygens (including phenoxy) is 1. The Morgan fingerprint density at radius 2 is 2.38 bits per heavy atom. The summed E-state index contributed by atoms with van der Waals surface area (Å²) in [5, 5.41) is 0. The number of hydrogen-bond acceptors (Lipinski definition) is 3. The van der Waals surface area contributed by atoms with Gasteiger partial charge >= 0.3 is 0 Å². The highest BCUT2D eigenvalue weighted by atomic mass is 35.5. The lowest BCUT2D eigenvalue weighted by Crippen LogP contribution is -2.02. The van der Waals surface area contributed by atoms with Crippen molar-refractivity contribution in [1.29, 1.82) is 0 Å². The predicted molar refractivity (Wildman–Crippen MR) is 61.7 cm³/mol. The van der Waals surface area contributed by atoms with Crippen LogP contribution in [0.25, 0.3) is 0 Å². The number of imidazole rings is 1. The van der Waals surface area contributed by atoms with E-state index in [1.165, 1.54) is 0 Å². The van der Waals surface area contributed by atoms with Crippen LogP contribution >= 0.6 is 11.6 Å². The quantitative estimate of drug-likeness (QED) is 0.765. The van der Waals surface area contributed by atoms with Crippen LogP contribution in [0.5, 0.6) is 5.88 Å². The van der Waals surface area contributed by atoms with Gasteiger partial charge in [-0.2, -0.15) is 0 Å². The second kappa shape index (κ2) is 4.99. The summed E-state index contributed by atoms with van der Waals surface area (Å²) in [7, 11) is 1.60. The molecule has 0 atom stereocenters. The number of alkyl halides is 1. The van der Waals surface area contributed by atoms with Gasteiger partial charge < -0.3 is 9.30 Å². The van der Waals surface area contributed by atoms with E-state index >= 15 is 0 Å². The molecule has 0 N–H and O–H groups in total. The number of halogens is 1. The first-order valence-corrected chi connectivity index (χ1v) is 5.41. The molecule has 0 aliphatic rings. The van der Waals surface area contributed by atoms with Crippen molar-refractivity contribution in [2.24, 2.45) is 0 Å². The van der Waals surface area contributed by atoms with Crippen molar-refractivity contribution >= 4 is 11.6 Å². The van der Waals surface area contributed by atoms with Crippen LogP contribution in [0, 0.1) is 0 Å². The van der Waals surface area contributed by atoms with E-state index in [2.05, 4.69) is 9.97 Å². The average molecular weight is 238 g/mol. The SMILES string of the molecule is COc1cc(Cn2cncc2CCl)ccn1. The molecule has 5 heteroatoms. The molecule has 0 bridgehead atoms. The van der Waals surface area contributed by atoms with Crippen molar-refractivity contribution < 1.29 is 4.74 Å². The van der Waals surface area contributed by atoms with Crippen LogP contribution in [0.2, 0.25) is 0 Å². The zero-order valence-corrected chi connectivity index (χ0v) is 9.68. The maximum atomic E-state index is 5.80. The van der Waals surface area contributed by atoms with Crippen LogP contribution in [-0.2, 0) is 12.4 Å². The molecular weight excluding hydrogens is 226 g/mol. The normalized spacial score (nSPS) is 10.4. The highest BCUT2D eigenvalue weighted by Crippen LogP contribution is 2.12. The van der Waals surface area contributed by atoms with E-state index in [4.69, 9.17) is 16.3 Å². The first kappa shape index (κ1) is 11.0. The molecule has 0 saturated heterocycles. The van der Waals surface area contributed by atoms with Crippen molar-refractivity contribution in [3.05, 3.63) is 42.1 Å². The zero-order valence-electron chi connectivity index (χ0n) is 8.93. The van der Waals surface area contributed by atoms with Crippen LogP contribution in [0.4, 0.5) is 0 Å². The van der Waals surface area contributed by atoms with Gasteiger partial charge in [0, 0.05) is 25.0 Å². The van der Waals surface area contributed by atoms with Gasteiger partial charge in [0.2, 0.25) is 5.88 Å². The molecule has 84 valence electrons. The second-order valence-electron chi connectivity index (χ2n) is 3.35. The molecule has 2 heterocycles. The van der Waals surface area contributed by atoms with Gasteiger partial charge in [0.25, 0.3) is 0 Å². The Morgan fingerprint density at radius 1 is 1.50 bits per heavy atom. The van der Waals surface area contributed by atoms with Gasteiger partial charge in [0.1, 0.15) is 0 Å². The summed E-state index contributed by atoms with van der Waals surface area (Å²) in [6, 6.07) is 3.85. The summed E-state index contributed by atoms with van der Waals surface area (Å²) in [5.74, 6) is 1.08. The summed E-state index contributed by atoms with van der Waals surface area (Å²) in [4.78, 5) is 8.12. The molecule has 0 saturated carbocycles. The smallest absolute Gasteiger partial charge is 0.213 e. The van der Waals surface area contributed by atoms with Crippen molar-refractivity contribution in [2.45, 2.75) is 12.4 Å². The molecule has 2 aromatic heterocycles. The minimum atomic E-state index is 0.461. The Labute approximate surface area is 98.9 Å². The van der Waals surface area contributed by atoms with Gasteiger partial charge in [-0.1, -0.05) is 0 Å². The van der Waals surface area contributed by atoms with Crippen LogP contribution in [-0.4, -0.2) is 21.6 Å². The maximum absolute atomic E-state index is 5.80. The second-order valence-corrected chi connectivity index (χ2v) is 3.62. The van der Waals surface area contributed by atoms with Crippen molar-refractivity contribution in [1.82, 2.24) is 14.5 Å². The van der Waals surface area contributed by atoms with Crippen molar-refractivity contribution in [3.63, 3.8) is 0 Å². The highest BCUT2D eigenvalue weighted by Gasteiger charge is 2.02. The standard InChI is InChI=1S/C11H12ClN3O/c1-16-11-4-9(2-3-14-11)7-15-8-13-6-10(15)5-12/h2-4,6,8H,5,7H2,1H3. The summed E-state index contributed by atoms with van der Waals surface area (Å²) in [5.41, 5.74) is 2.11. The van der Waals surface area contributed by atoms with Gasteiger partial charge in [-0.15, -0.1) is 11.6 Å². The third-order valence-corrected chi connectivity index (χ3v) is 2.57. The van der Waals surface area contributed by atoms with E-state index in [0.717, 1.165) is 17.8 Å². The van der Waals surface area contributed by atoms with E-state index in [1.54, 1.807) is 25.8 Å². The van der Waals surface area contributed by atoms with Crippen LogP contribution in [0.1, 0.15) is 11.3 Å². The minimum absolute atomic E-state index is 0.461. The number of methoxy groups -OCH3 is 1. The van der Waals surface area contributed by atoms with E-state index in [-0.39, 0.29) is 0 Å². The summed E-state index contributed by atoms with van der Waals surface area (Å²) >= 11 is 5.80. The first-order chi connectivity index (χ1) is 7.83. The predicted octanol–water partition coefficient (Wildman–Crippen LogP) is 2.07. The van der Waals surface area contributed by atoms with Gasteiger partial charge in [0.05, 0.1) is 25.0 Å². The van der Waals surface area contributed by atoms with Crippen molar-refractivity contribution in [2.75, 3.05) is 7.11 Å². The Morgan fingerprint density at radius 3 is 3.12 bits per heavy atom. The van der Waals surface area contributed by atoms with Crippen molar-refractivity contribution in [3.8, 4) is 5.88 Å². The zero-order chi connectivity index (χ0) is 11.4. The number of aromatic nitrogens is 3. The molecule has 2 rings (SSSR count). The monoisotopic (exact) mass is 237 g/mol. The lowest BCUT2D eigenvalue weighted by molar-refractivity contribution is 0.397. The molecule has 0 fully saturated rings. The van der Waals surface area contributed by atoms with Gasteiger partial charge in [0.15, 0.2) is 0 Å². The fraction of sp³-hybridized carbons (Fsp3) is 0.273. The molecule has 0 amide bonds. The van der Waals surface area contributed by atoms with E-state index in [1.807, 2.05) is 16.7 Å². The Balaban J connectivity index is 2.20. The Bertz CT molecular complexity index is 470. The minimum Gasteiger partial charge on any atom is -0.481 e. The molecule has 0 radical (unpaired) electrons. The fourth-order valence-electron chi connectivity index (χ4n) is 1.46. The van der Waals surface area contributed by atoms with Crippen LogP contribution < -0.4 is 4.74 Å². The topological polar surface area (TPSA) is 39.9 Å². The van der Waals surface area contributed by atoms with Crippen LogP contribution in [0.15, 0.2) is 30.9 Å². The van der Waals surface area contributed by atoms with E-state index < -0.39 is 0 Å². The van der Waals surface area contributed by atoms with Gasteiger partial charge in [-0.25, -0.2) is 9.97 Å². The largest absolute Gasteiger partial charge is 0.481 e. The molecule has 0 aromatic carbocycles. The molecule has 2 aromatic rings. The number of pyridine rings is 1. The molecular formula is C11H12ClN3O. The third-order valence-electron chi connectivity index (χ3n) is 2.30. The first-order valence-electron chi connectivity index (χ1n) is 4.87. The number of hydrogen-bond donors (Lipinski definition) is 0. The van der Waals surface area contributed by atoms with Gasteiger partial charge in [-0.3, -0.25) is 0 Å². The average Bonchev–Trinajstić information content (AvgIpc) is 2.76. The lowest BCUT2D eigenvalue weighted by atomic mass is 10.2. The fourth-order valence-corrected chi connectivity index (χ4v) is 1.68. The molecule has 4 nitrogen and oxygen atoms in total. The third kappa shape index (κ3) is 2.33. The molecule has 0 aliphatic carbocycles. The van der Waals surface area contributed by atoms with E-state index in [9.17, 15) is 0 Å². The summed E-state index contributed by atoms with van der Waals surface area (Å²) in [6.07, 6.45) is 5.27. The molecule has 0 spiro atoms. The Hall–Kier alpha value is -1.55. The van der Waals surface area contributed by atoms with E-state index in [0.29, 0.717) is 11.8 Å². The highest BCUT2D eigenvalue weighted by molar-refractivity contribution is 6.16. The molecule has 0 aliphatic heterocycles.